The van der Waals surface area contributed by atoms with E-state index in [-0.39, 0.29) is 12.3 Å². The van der Waals surface area contributed by atoms with Crippen molar-refractivity contribution in [2.24, 2.45) is 0 Å². The average molecular weight is 363 g/mol. The first-order valence-electron chi connectivity index (χ1n) is 7.62. The fraction of sp³-hybridized carbons (Fsp3) is 0.222. The average Bonchev–Trinajstić information content (AvgIpc) is 2.62. The molecule has 0 aromatic heterocycles. The Morgan fingerprint density at radius 2 is 1.76 bits per heavy atom. The SMILES string of the molecule is COc1ccc(CC(=O)NNC(=O)C(C)Oc2ccccc2Cl)cc1. The summed E-state index contributed by atoms with van der Waals surface area (Å²) in [4.78, 5) is 23.9. The van der Waals surface area contributed by atoms with Gasteiger partial charge >= 0.3 is 0 Å². The molecule has 25 heavy (non-hydrogen) atoms. The van der Waals surface area contributed by atoms with Crippen molar-refractivity contribution >= 4 is 23.4 Å². The number of benzene rings is 2. The van der Waals surface area contributed by atoms with Crippen LogP contribution < -0.4 is 20.3 Å². The largest absolute Gasteiger partial charge is 0.497 e. The van der Waals surface area contributed by atoms with E-state index in [9.17, 15) is 9.59 Å². The molecule has 0 saturated carbocycles. The molecule has 0 spiro atoms. The van der Waals surface area contributed by atoms with Crippen molar-refractivity contribution in [3.05, 3.63) is 59.1 Å². The van der Waals surface area contributed by atoms with Crippen molar-refractivity contribution in [2.45, 2.75) is 19.4 Å². The summed E-state index contributed by atoms with van der Waals surface area (Å²) in [7, 11) is 1.57. The number of hydrazine groups is 1. The third-order valence-corrected chi connectivity index (χ3v) is 3.67. The number of para-hydroxylation sites is 1. The van der Waals surface area contributed by atoms with E-state index in [2.05, 4.69) is 10.9 Å². The van der Waals surface area contributed by atoms with Crippen LogP contribution in [0.4, 0.5) is 0 Å². The van der Waals surface area contributed by atoms with Crippen molar-refractivity contribution in [1.29, 1.82) is 0 Å². The molecule has 2 amide bonds. The minimum absolute atomic E-state index is 0.129. The van der Waals surface area contributed by atoms with Crippen molar-refractivity contribution in [3.63, 3.8) is 0 Å². The predicted molar refractivity (Wildman–Crippen MR) is 94.5 cm³/mol. The van der Waals surface area contributed by atoms with E-state index in [0.29, 0.717) is 16.5 Å². The Morgan fingerprint density at radius 1 is 1.08 bits per heavy atom. The van der Waals surface area contributed by atoms with Crippen LogP contribution >= 0.6 is 11.6 Å². The second kappa shape index (κ2) is 8.94. The zero-order valence-corrected chi connectivity index (χ0v) is 14.7. The molecule has 0 heterocycles. The molecule has 2 rings (SSSR count). The molecule has 0 aliphatic carbocycles. The van der Waals surface area contributed by atoms with E-state index in [1.807, 2.05) is 0 Å². The number of methoxy groups -OCH3 is 1. The molecule has 2 N–H and O–H groups in total. The minimum Gasteiger partial charge on any atom is -0.497 e. The van der Waals surface area contributed by atoms with Gasteiger partial charge in [0.15, 0.2) is 6.10 Å². The van der Waals surface area contributed by atoms with Crippen LogP contribution in [0.1, 0.15) is 12.5 Å². The number of carbonyl (C=O) groups is 2. The highest BCUT2D eigenvalue weighted by Gasteiger charge is 2.16. The summed E-state index contributed by atoms with van der Waals surface area (Å²) < 4.78 is 10.5. The Hall–Kier alpha value is -2.73. The molecule has 132 valence electrons. The zero-order valence-electron chi connectivity index (χ0n) is 13.9. The first kappa shape index (κ1) is 18.6. The van der Waals surface area contributed by atoms with Crippen LogP contribution in [0.15, 0.2) is 48.5 Å². The predicted octanol–water partition coefficient (Wildman–Crippen LogP) is 2.51. The van der Waals surface area contributed by atoms with Gasteiger partial charge in [0.1, 0.15) is 11.5 Å². The second-order valence-corrected chi connectivity index (χ2v) is 5.66. The van der Waals surface area contributed by atoms with Crippen LogP contribution in [0.25, 0.3) is 0 Å². The van der Waals surface area contributed by atoms with Crippen molar-refractivity contribution in [2.75, 3.05) is 7.11 Å². The number of halogens is 1. The number of carbonyl (C=O) groups excluding carboxylic acids is 2. The maximum absolute atomic E-state index is 12.0. The third kappa shape index (κ3) is 5.69. The Bertz CT molecular complexity index is 734. The van der Waals surface area contributed by atoms with Gasteiger partial charge in [0.05, 0.1) is 18.6 Å². The summed E-state index contributed by atoms with van der Waals surface area (Å²) in [6.45, 7) is 1.56. The number of hydrogen-bond donors (Lipinski definition) is 2. The zero-order chi connectivity index (χ0) is 18.2. The lowest BCUT2D eigenvalue weighted by Gasteiger charge is -2.16. The molecule has 0 fully saturated rings. The highest BCUT2D eigenvalue weighted by molar-refractivity contribution is 6.32. The van der Waals surface area contributed by atoms with E-state index in [1.54, 1.807) is 62.6 Å². The van der Waals surface area contributed by atoms with Gasteiger partial charge in [-0.25, -0.2) is 0 Å². The van der Waals surface area contributed by atoms with Gasteiger partial charge in [-0.2, -0.15) is 0 Å². The molecule has 0 aliphatic heterocycles. The molecule has 6 nitrogen and oxygen atoms in total. The van der Waals surface area contributed by atoms with Gasteiger partial charge in [0.25, 0.3) is 5.91 Å². The van der Waals surface area contributed by atoms with Crippen LogP contribution in [0.3, 0.4) is 0 Å². The fourth-order valence-corrected chi connectivity index (χ4v) is 2.17. The molecular formula is C18H19ClN2O4. The van der Waals surface area contributed by atoms with Crippen LogP contribution in [0.5, 0.6) is 11.5 Å². The van der Waals surface area contributed by atoms with E-state index < -0.39 is 12.0 Å². The Labute approximate surface area is 151 Å². The van der Waals surface area contributed by atoms with E-state index >= 15 is 0 Å². The Morgan fingerprint density at radius 3 is 2.40 bits per heavy atom. The maximum atomic E-state index is 12.0. The summed E-state index contributed by atoms with van der Waals surface area (Å²) >= 11 is 5.98. The van der Waals surface area contributed by atoms with Gasteiger partial charge in [0.2, 0.25) is 5.91 Å². The van der Waals surface area contributed by atoms with E-state index in [4.69, 9.17) is 21.1 Å². The van der Waals surface area contributed by atoms with Gasteiger partial charge in [-0.3, -0.25) is 20.4 Å². The lowest BCUT2D eigenvalue weighted by Crippen LogP contribution is -2.47. The highest BCUT2D eigenvalue weighted by atomic mass is 35.5. The van der Waals surface area contributed by atoms with Gasteiger partial charge in [0, 0.05) is 0 Å². The van der Waals surface area contributed by atoms with E-state index in [0.717, 1.165) is 5.56 Å². The number of amides is 2. The summed E-state index contributed by atoms with van der Waals surface area (Å²) in [5.74, 6) is 0.283. The van der Waals surface area contributed by atoms with Crippen LogP contribution in [-0.4, -0.2) is 25.0 Å². The molecule has 0 aliphatic rings. The fourth-order valence-electron chi connectivity index (χ4n) is 1.99. The number of ether oxygens (including phenoxy) is 2. The first-order valence-corrected chi connectivity index (χ1v) is 8.00. The first-order chi connectivity index (χ1) is 12.0. The lowest BCUT2D eigenvalue weighted by molar-refractivity contribution is -0.132. The normalized spacial score (nSPS) is 11.3. The van der Waals surface area contributed by atoms with Crippen molar-refractivity contribution in [1.82, 2.24) is 10.9 Å². The molecular weight excluding hydrogens is 344 g/mol. The molecule has 7 heteroatoms. The topological polar surface area (TPSA) is 76.7 Å². The molecule has 0 radical (unpaired) electrons. The third-order valence-electron chi connectivity index (χ3n) is 3.36. The van der Waals surface area contributed by atoms with Gasteiger partial charge in [-0.05, 0) is 36.8 Å². The summed E-state index contributed by atoms with van der Waals surface area (Å²) in [5.41, 5.74) is 5.49. The molecule has 2 aromatic rings. The monoisotopic (exact) mass is 362 g/mol. The maximum Gasteiger partial charge on any atom is 0.279 e. The number of rotatable bonds is 6. The molecule has 0 bridgehead atoms. The molecule has 1 atom stereocenters. The smallest absolute Gasteiger partial charge is 0.279 e. The van der Waals surface area contributed by atoms with Crippen LogP contribution in [0, 0.1) is 0 Å². The quantitative estimate of drug-likeness (QED) is 0.774. The van der Waals surface area contributed by atoms with Crippen LogP contribution in [-0.2, 0) is 16.0 Å². The molecule has 0 saturated heterocycles. The number of hydrogen-bond acceptors (Lipinski definition) is 4. The number of nitrogens with one attached hydrogen (secondary N) is 2. The summed E-state index contributed by atoms with van der Waals surface area (Å²) in [5, 5.41) is 0.408. The van der Waals surface area contributed by atoms with Gasteiger partial charge < -0.3 is 9.47 Å². The van der Waals surface area contributed by atoms with Crippen LogP contribution in [0.2, 0.25) is 5.02 Å². The Kier molecular flexibility index (Phi) is 6.65. The summed E-state index contributed by atoms with van der Waals surface area (Å²) in [6, 6.07) is 13.9. The Balaban J connectivity index is 1.80. The second-order valence-electron chi connectivity index (χ2n) is 5.25. The highest BCUT2D eigenvalue weighted by Crippen LogP contribution is 2.24. The van der Waals surface area contributed by atoms with Crippen molar-refractivity contribution < 1.29 is 19.1 Å². The molecule has 1 unspecified atom stereocenters. The lowest BCUT2D eigenvalue weighted by atomic mass is 10.1. The van der Waals surface area contributed by atoms with Crippen molar-refractivity contribution in [3.8, 4) is 11.5 Å². The standard InChI is InChI=1S/C18H19ClN2O4/c1-12(25-16-6-4-3-5-15(16)19)18(23)21-20-17(22)11-13-7-9-14(24-2)10-8-13/h3-10,12H,11H2,1-2H3,(H,20,22)(H,21,23). The molecule has 2 aromatic carbocycles. The van der Waals surface area contributed by atoms with Gasteiger partial charge in [-0.1, -0.05) is 35.9 Å². The summed E-state index contributed by atoms with van der Waals surface area (Å²) in [6.07, 6.45) is -0.689. The van der Waals surface area contributed by atoms with E-state index in [1.165, 1.54) is 0 Å². The minimum atomic E-state index is -0.818. The van der Waals surface area contributed by atoms with Gasteiger partial charge in [-0.15, -0.1) is 0 Å².